The van der Waals surface area contributed by atoms with Gasteiger partial charge in [0.1, 0.15) is 0 Å². The van der Waals surface area contributed by atoms with Crippen molar-refractivity contribution in [3.05, 3.63) is 29.8 Å². The summed E-state index contributed by atoms with van der Waals surface area (Å²) in [5, 5.41) is 11.8. The predicted molar refractivity (Wildman–Crippen MR) is 94.3 cm³/mol. The second-order valence-electron chi connectivity index (χ2n) is 5.85. The van der Waals surface area contributed by atoms with Crippen LogP contribution in [0.3, 0.4) is 0 Å². The summed E-state index contributed by atoms with van der Waals surface area (Å²) in [5.41, 5.74) is 1.15. The van der Waals surface area contributed by atoms with Gasteiger partial charge in [0.2, 0.25) is 0 Å². The number of hydrogen-bond donors (Lipinski definition) is 4. The van der Waals surface area contributed by atoms with Crippen molar-refractivity contribution in [3.63, 3.8) is 0 Å². The molecule has 1 fully saturated rings. The van der Waals surface area contributed by atoms with E-state index in [1.165, 1.54) is 0 Å². The summed E-state index contributed by atoms with van der Waals surface area (Å²) in [7, 11) is 0. The molecule has 6 nitrogen and oxygen atoms in total. The standard InChI is InChI=1S/C16H24N4O2.ClH/c1-11(2)18-16(22)20-13-6-3-5-12(9-13)15(21)19-14-7-4-8-17-10-14;/h3,5-6,9,11,14,17H,4,7-8,10H2,1-2H3,(H,19,21)(H2,18,20,22);1H. The molecule has 0 radical (unpaired) electrons. The molecular formula is C16H25ClN4O2. The van der Waals surface area contributed by atoms with Crippen LogP contribution in [-0.2, 0) is 0 Å². The maximum atomic E-state index is 12.3. The van der Waals surface area contributed by atoms with E-state index in [0.29, 0.717) is 11.3 Å². The fourth-order valence-corrected chi connectivity index (χ4v) is 2.41. The number of nitrogens with one attached hydrogen (secondary N) is 4. The molecule has 1 unspecified atom stereocenters. The van der Waals surface area contributed by atoms with Crippen molar-refractivity contribution in [1.29, 1.82) is 0 Å². The van der Waals surface area contributed by atoms with Crippen LogP contribution in [0.1, 0.15) is 37.0 Å². The van der Waals surface area contributed by atoms with Gasteiger partial charge in [0.15, 0.2) is 0 Å². The van der Waals surface area contributed by atoms with Crippen LogP contribution in [0.15, 0.2) is 24.3 Å². The minimum Gasteiger partial charge on any atom is -0.348 e. The topological polar surface area (TPSA) is 82.3 Å². The summed E-state index contributed by atoms with van der Waals surface area (Å²) in [6.45, 7) is 5.60. The number of carbonyl (C=O) groups is 2. The molecule has 0 bridgehead atoms. The Kier molecular flexibility index (Phi) is 7.85. The summed E-state index contributed by atoms with van der Waals surface area (Å²) in [6, 6.07) is 6.91. The smallest absolute Gasteiger partial charge is 0.319 e. The minimum atomic E-state index is -0.274. The lowest BCUT2D eigenvalue weighted by molar-refractivity contribution is 0.0930. The molecule has 1 heterocycles. The van der Waals surface area contributed by atoms with Crippen molar-refractivity contribution in [2.45, 2.75) is 38.8 Å². The highest BCUT2D eigenvalue weighted by Crippen LogP contribution is 2.11. The van der Waals surface area contributed by atoms with Gasteiger partial charge in [0.25, 0.3) is 5.91 Å². The van der Waals surface area contributed by atoms with Crippen LogP contribution in [0, 0.1) is 0 Å². The number of hydrogen-bond acceptors (Lipinski definition) is 3. The zero-order valence-corrected chi connectivity index (χ0v) is 14.3. The van der Waals surface area contributed by atoms with E-state index < -0.39 is 0 Å². The second kappa shape index (κ2) is 9.37. The number of piperidine rings is 1. The largest absolute Gasteiger partial charge is 0.348 e. The Hall–Kier alpha value is -1.79. The Bertz CT molecular complexity index is 531. The van der Waals surface area contributed by atoms with E-state index in [2.05, 4.69) is 21.3 Å². The van der Waals surface area contributed by atoms with Crippen LogP contribution in [0.25, 0.3) is 0 Å². The van der Waals surface area contributed by atoms with Crippen LogP contribution in [0.2, 0.25) is 0 Å². The molecule has 7 heteroatoms. The van der Waals surface area contributed by atoms with Crippen LogP contribution in [0.5, 0.6) is 0 Å². The Morgan fingerprint density at radius 3 is 2.74 bits per heavy atom. The van der Waals surface area contributed by atoms with Gasteiger partial charge in [0.05, 0.1) is 0 Å². The SMILES string of the molecule is CC(C)NC(=O)Nc1cccc(C(=O)NC2CCCNC2)c1.Cl. The average Bonchev–Trinajstić information content (AvgIpc) is 2.47. The van der Waals surface area contributed by atoms with Gasteiger partial charge in [-0.3, -0.25) is 4.79 Å². The molecule has 1 aliphatic rings. The van der Waals surface area contributed by atoms with Crippen molar-refractivity contribution < 1.29 is 9.59 Å². The lowest BCUT2D eigenvalue weighted by Crippen LogP contribution is -2.45. The Morgan fingerprint density at radius 1 is 1.30 bits per heavy atom. The molecule has 4 N–H and O–H groups in total. The molecular weight excluding hydrogens is 316 g/mol. The number of urea groups is 1. The van der Waals surface area contributed by atoms with Gasteiger partial charge in [-0.05, 0) is 51.4 Å². The normalized spacial score (nSPS) is 17.1. The minimum absolute atomic E-state index is 0. The van der Waals surface area contributed by atoms with E-state index >= 15 is 0 Å². The van der Waals surface area contributed by atoms with Gasteiger partial charge >= 0.3 is 6.03 Å². The highest BCUT2D eigenvalue weighted by molar-refractivity contribution is 5.97. The summed E-state index contributed by atoms with van der Waals surface area (Å²) >= 11 is 0. The van der Waals surface area contributed by atoms with E-state index in [-0.39, 0.29) is 36.4 Å². The summed E-state index contributed by atoms with van der Waals surface area (Å²) in [4.78, 5) is 24.0. The van der Waals surface area contributed by atoms with Gasteiger partial charge in [-0.1, -0.05) is 6.07 Å². The number of anilines is 1. The molecule has 1 aliphatic heterocycles. The van der Waals surface area contributed by atoms with Gasteiger partial charge in [-0.25, -0.2) is 4.79 Å². The third kappa shape index (κ3) is 6.46. The summed E-state index contributed by atoms with van der Waals surface area (Å²) < 4.78 is 0. The molecule has 0 saturated carbocycles. The third-order valence-corrected chi connectivity index (χ3v) is 3.43. The molecule has 0 aromatic heterocycles. The average molecular weight is 341 g/mol. The molecule has 23 heavy (non-hydrogen) atoms. The van der Waals surface area contributed by atoms with E-state index in [4.69, 9.17) is 0 Å². The maximum absolute atomic E-state index is 12.3. The number of carbonyl (C=O) groups excluding carboxylic acids is 2. The lowest BCUT2D eigenvalue weighted by atomic mass is 10.1. The Labute approximate surface area is 143 Å². The first-order chi connectivity index (χ1) is 10.5. The van der Waals surface area contributed by atoms with Gasteiger partial charge in [-0.2, -0.15) is 0 Å². The fraction of sp³-hybridized carbons (Fsp3) is 0.500. The van der Waals surface area contributed by atoms with Gasteiger partial charge in [0, 0.05) is 29.9 Å². The summed E-state index contributed by atoms with van der Waals surface area (Å²) in [6.07, 6.45) is 2.06. The molecule has 128 valence electrons. The van der Waals surface area contributed by atoms with Crippen molar-refractivity contribution in [2.75, 3.05) is 18.4 Å². The highest BCUT2D eigenvalue weighted by atomic mass is 35.5. The molecule has 1 aromatic carbocycles. The zero-order valence-electron chi connectivity index (χ0n) is 13.5. The Balaban J connectivity index is 0.00000264. The molecule has 1 atom stereocenters. The van der Waals surface area contributed by atoms with Crippen LogP contribution in [-0.4, -0.2) is 37.1 Å². The van der Waals surface area contributed by atoms with Crippen LogP contribution >= 0.6 is 12.4 Å². The fourth-order valence-electron chi connectivity index (χ4n) is 2.41. The van der Waals surface area contributed by atoms with Crippen LogP contribution < -0.4 is 21.3 Å². The van der Waals surface area contributed by atoms with E-state index in [9.17, 15) is 9.59 Å². The van der Waals surface area contributed by atoms with Crippen LogP contribution in [0.4, 0.5) is 10.5 Å². The predicted octanol–water partition coefficient (Wildman–Crippen LogP) is 2.12. The Morgan fingerprint density at radius 2 is 2.09 bits per heavy atom. The number of halogens is 1. The number of amides is 3. The molecule has 1 saturated heterocycles. The summed E-state index contributed by atoms with van der Waals surface area (Å²) in [5.74, 6) is -0.110. The van der Waals surface area contributed by atoms with Gasteiger partial charge < -0.3 is 21.3 Å². The van der Waals surface area contributed by atoms with E-state index in [1.807, 2.05) is 13.8 Å². The molecule has 2 rings (SSSR count). The zero-order chi connectivity index (χ0) is 15.9. The van der Waals surface area contributed by atoms with E-state index in [1.54, 1.807) is 24.3 Å². The first-order valence-corrected chi connectivity index (χ1v) is 7.74. The van der Waals surface area contributed by atoms with Gasteiger partial charge in [-0.15, -0.1) is 12.4 Å². The van der Waals surface area contributed by atoms with Crippen molar-refractivity contribution in [2.24, 2.45) is 0 Å². The number of rotatable bonds is 4. The van der Waals surface area contributed by atoms with Crippen molar-refractivity contribution >= 4 is 30.0 Å². The van der Waals surface area contributed by atoms with Crippen molar-refractivity contribution in [1.82, 2.24) is 16.0 Å². The van der Waals surface area contributed by atoms with Crippen molar-refractivity contribution in [3.8, 4) is 0 Å². The highest BCUT2D eigenvalue weighted by Gasteiger charge is 2.16. The molecule has 0 spiro atoms. The first kappa shape index (κ1) is 19.3. The third-order valence-electron chi connectivity index (χ3n) is 3.43. The maximum Gasteiger partial charge on any atom is 0.319 e. The molecule has 3 amide bonds. The monoisotopic (exact) mass is 340 g/mol. The second-order valence-corrected chi connectivity index (χ2v) is 5.85. The first-order valence-electron chi connectivity index (χ1n) is 7.74. The quantitative estimate of drug-likeness (QED) is 0.677. The van der Waals surface area contributed by atoms with E-state index in [0.717, 1.165) is 25.9 Å². The lowest BCUT2D eigenvalue weighted by Gasteiger charge is -2.23. The molecule has 1 aromatic rings. The molecule has 0 aliphatic carbocycles. The number of benzene rings is 1.